The van der Waals surface area contributed by atoms with Gasteiger partial charge in [0.1, 0.15) is 17.5 Å². The summed E-state index contributed by atoms with van der Waals surface area (Å²) in [7, 11) is 3.14. The van der Waals surface area contributed by atoms with E-state index in [1.165, 1.54) is 11.3 Å². The lowest BCUT2D eigenvalue weighted by Crippen LogP contribution is -2.52. The molecule has 1 atom stereocenters. The number of thiophene rings is 1. The fourth-order valence-corrected chi connectivity index (χ4v) is 5.10. The number of aromatic nitrogens is 2. The van der Waals surface area contributed by atoms with Gasteiger partial charge >= 0.3 is 0 Å². The van der Waals surface area contributed by atoms with Crippen molar-refractivity contribution in [1.82, 2.24) is 19.8 Å². The summed E-state index contributed by atoms with van der Waals surface area (Å²) in [5.74, 6) is 0.966. The highest BCUT2D eigenvalue weighted by Crippen LogP contribution is 2.35. The van der Waals surface area contributed by atoms with E-state index < -0.39 is 0 Å². The Kier molecular flexibility index (Phi) is 6.16. The number of ether oxygens (including phenoxy) is 3. The third kappa shape index (κ3) is 3.86. The van der Waals surface area contributed by atoms with E-state index in [-0.39, 0.29) is 24.5 Å². The molecule has 9 nitrogen and oxygen atoms in total. The molecule has 0 bridgehead atoms. The summed E-state index contributed by atoms with van der Waals surface area (Å²) in [5, 5.41) is 0.762. The van der Waals surface area contributed by atoms with Gasteiger partial charge in [0.25, 0.3) is 11.8 Å². The van der Waals surface area contributed by atoms with Crippen LogP contribution in [0.15, 0.2) is 0 Å². The average molecular weight is 435 g/mol. The van der Waals surface area contributed by atoms with E-state index in [1.54, 1.807) is 19.1 Å². The Morgan fingerprint density at radius 3 is 2.53 bits per heavy atom. The fraction of sp³-hybridized carbons (Fsp3) is 0.600. The molecule has 2 aliphatic heterocycles. The minimum atomic E-state index is -0.315. The SMILES string of the molecule is COCc1nc(OC)c2c(C)c(C(=O)N3CCN(C(=O)C4CCCO4)CC3)sc2n1. The topological polar surface area (TPSA) is 94.1 Å². The minimum absolute atomic E-state index is 0.0447. The summed E-state index contributed by atoms with van der Waals surface area (Å²) >= 11 is 1.34. The standard InChI is InChI=1S/C20H26N4O5S/c1-12-15-17(28-3)21-14(11-27-2)22-18(15)30-16(12)20(26)24-8-6-23(7-9-24)19(25)13-5-4-10-29-13/h13H,4-11H2,1-3H3. The highest BCUT2D eigenvalue weighted by Gasteiger charge is 2.32. The van der Waals surface area contributed by atoms with Crippen LogP contribution in [0.1, 0.15) is 33.9 Å². The van der Waals surface area contributed by atoms with Crippen LogP contribution in [0.5, 0.6) is 5.88 Å². The van der Waals surface area contributed by atoms with Crippen LogP contribution in [0.25, 0.3) is 10.2 Å². The monoisotopic (exact) mass is 434 g/mol. The smallest absolute Gasteiger partial charge is 0.264 e. The predicted octanol–water partition coefficient (Wildman–Crippen LogP) is 1.62. The summed E-state index contributed by atoms with van der Waals surface area (Å²) in [4.78, 5) is 39.6. The largest absolute Gasteiger partial charge is 0.480 e. The summed E-state index contributed by atoms with van der Waals surface area (Å²) in [6.07, 6.45) is 1.40. The van der Waals surface area contributed by atoms with Crippen molar-refractivity contribution in [2.45, 2.75) is 32.5 Å². The lowest BCUT2D eigenvalue weighted by atomic mass is 10.1. The van der Waals surface area contributed by atoms with Crippen LogP contribution >= 0.6 is 11.3 Å². The molecule has 2 aromatic heterocycles. The molecule has 2 saturated heterocycles. The van der Waals surface area contributed by atoms with Gasteiger partial charge in [-0.3, -0.25) is 9.59 Å². The Hall–Kier alpha value is -2.30. The van der Waals surface area contributed by atoms with Gasteiger partial charge in [0, 0.05) is 39.9 Å². The van der Waals surface area contributed by atoms with Gasteiger partial charge in [-0.1, -0.05) is 0 Å². The van der Waals surface area contributed by atoms with E-state index in [0.717, 1.165) is 23.8 Å². The zero-order valence-electron chi connectivity index (χ0n) is 17.5. The molecule has 1 unspecified atom stereocenters. The van der Waals surface area contributed by atoms with Crippen LogP contribution in [-0.4, -0.2) is 84.7 Å². The van der Waals surface area contributed by atoms with Crippen molar-refractivity contribution in [3.05, 3.63) is 16.3 Å². The molecule has 0 saturated carbocycles. The lowest BCUT2D eigenvalue weighted by Gasteiger charge is -2.35. The van der Waals surface area contributed by atoms with Crippen LogP contribution < -0.4 is 4.74 Å². The van der Waals surface area contributed by atoms with E-state index in [1.807, 2.05) is 11.8 Å². The molecule has 4 heterocycles. The van der Waals surface area contributed by atoms with Gasteiger partial charge in [0.05, 0.1) is 17.4 Å². The van der Waals surface area contributed by atoms with Crippen molar-refractivity contribution in [3.8, 4) is 5.88 Å². The molecule has 2 fully saturated rings. The van der Waals surface area contributed by atoms with Crippen molar-refractivity contribution in [2.75, 3.05) is 47.0 Å². The van der Waals surface area contributed by atoms with E-state index in [4.69, 9.17) is 14.2 Å². The molecule has 30 heavy (non-hydrogen) atoms. The third-order valence-corrected chi connectivity index (χ3v) is 6.72. The van der Waals surface area contributed by atoms with E-state index in [0.29, 0.717) is 54.2 Å². The first kappa shape index (κ1) is 21.0. The van der Waals surface area contributed by atoms with Gasteiger partial charge in [-0.25, -0.2) is 4.98 Å². The van der Waals surface area contributed by atoms with E-state index in [9.17, 15) is 9.59 Å². The number of hydrogen-bond acceptors (Lipinski definition) is 8. The van der Waals surface area contributed by atoms with Crippen LogP contribution in [0.3, 0.4) is 0 Å². The molecule has 162 valence electrons. The number of carbonyl (C=O) groups is 2. The number of carbonyl (C=O) groups excluding carboxylic acids is 2. The quantitative estimate of drug-likeness (QED) is 0.706. The Balaban J connectivity index is 1.51. The third-order valence-electron chi connectivity index (χ3n) is 5.55. The van der Waals surface area contributed by atoms with Gasteiger partial charge in [0.15, 0.2) is 5.82 Å². The number of piperazine rings is 1. The summed E-state index contributed by atoms with van der Waals surface area (Å²) in [6.45, 7) is 4.87. The second kappa shape index (κ2) is 8.83. The summed E-state index contributed by atoms with van der Waals surface area (Å²) < 4.78 is 16.1. The number of amides is 2. The second-order valence-corrected chi connectivity index (χ2v) is 8.44. The maximum atomic E-state index is 13.2. The number of hydrogen-bond donors (Lipinski definition) is 0. The van der Waals surface area contributed by atoms with Crippen molar-refractivity contribution in [3.63, 3.8) is 0 Å². The Bertz CT molecular complexity index is 948. The maximum absolute atomic E-state index is 13.2. The van der Waals surface area contributed by atoms with Gasteiger partial charge in [0.2, 0.25) is 5.88 Å². The zero-order valence-corrected chi connectivity index (χ0v) is 18.3. The number of methoxy groups -OCH3 is 2. The molecule has 2 aliphatic rings. The first-order valence-corrected chi connectivity index (χ1v) is 10.9. The second-order valence-electron chi connectivity index (χ2n) is 7.44. The molecule has 0 aromatic carbocycles. The van der Waals surface area contributed by atoms with Crippen LogP contribution in [0.4, 0.5) is 0 Å². The van der Waals surface area contributed by atoms with Gasteiger partial charge in [-0.05, 0) is 25.3 Å². The summed E-state index contributed by atoms with van der Waals surface area (Å²) in [6, 6.07) is 0. The number of aryl methyl sites for hydroxylation is 1. The molecule has 2 amide bonds. The molecule has 4 rings (SSSR count). The molecule has 2 aromatic rings. The number of fused-ring (bicyclic) bond motifs is 1. The zero-order chi connectivity index (χ0) is 21.3. The van der Waals surface area contributed by atoms with Crippen molar-refractivity contribution in [1.29, 1.82) is 0 Å². The Morgan fingerprint density at radius 1 is 1.17 bits per heavy atom. The minimum Gasteiger partial charge on any atom is -0.480 e. The number of rotatable bonds is 5. The van der Waals surface area contributed by atoms with Crippen LogP contribution in [-0.2, 0) is 20.9 Å². The molecular formula is C20H26N4O5S. The summed E-state index contributed by atoms with van der Waals surface area (Å²) in [5.41, 5.74) is 0.818. The van der Waals surface area contributed by atoms with Crippen LogP contribution in [0, 0.1) is 6.92 Å². The van der Waals surface area contributed by atoms with Crippen molar-refractivity contribution < 1.29 is 23.8 Å². The van der Waals surface area contributed by atoms with Gasteiger partial charge < -0.3 is 24.0 Å². The Morgan fingerprint density at radius 2 is 1.90 bits per heavy atom. The maximum Gasteiger partial charge on any atom is 0.264 e. The molecular weight excluding hydrogens is 408 g/mol. The fourth-order valence-electron chi connectivity index (χ4n) is 3.94. The molecule has 0 N–H and O–H groups in total. The van der Waals surface area contributed by atoms with Crippen molar-refractivity contribution >= 4 is 33.4 Å². The normalized spacial score (nSPS) is 19.5. The van der Waals surface area contributed by atoms with Gasteiger partial charge in [-0.2, -0.15) is 4.98 Å². The van der Waals surface area contributed by atoms with Crippen molar-refractivity contribution in [2.24, 2.45) is 0 Å². The highest BCUT2D eigenvalue weighted by molar-refractivity contribution is 7.20. The predicted molar refractivity (Wildman–Crippen MR) is 111 cm³/mol. The molecule has 0 aliphatic carbocycles. The molecule has 0 radical (unpaired) electrons. The average Bonchev–Trinajstić information content (AvgIpc) is 3.41. The highest BCUT2D eigenvalue weighted by atomic mass is 32.1. The lowest BCUT2D eigenvalue weighted by molar-refractivity contribution is -0.142. The van der Waals surface area contributed by atoms with E-state index in [2.05, 4.69) is 9.97 Å². The van der Waals surface area contributed by atoms with Crippen LogP contribution in [0.2, 0.25) is 0 Å². The first-order chi connectivity index (χ1) is 14.5. The first-order valence-electron chi connectivity index (χ1n) is 10.1. The number of nitrogens with zero attached hydrogens (tertiary/aromatic N) is 4. The van der Waals surface area contributed by atoms with E-state index >= 15 is 0 Å². The molecule has 10 heteroatoms. The Labute approximate surface area is 178 Å². The van der Waals surface area contributed by atoms with Gasteiger partial charge in [-0.15, -0.1) is 11.3 Å². The molecule has 0 spiro atoms.